The van der Waals surface area contributed by atoms with Crippen LogP contribution in [-0.2, 0) is 4.79 Å². The molecule has 0 atom stereocenters. The number of benzene rings is 2. The molecule has 4 aromatic rings. The molecule has 2 heterocycles. The molecule has 0 bridgehead atoms. The molecule has 0 N–H and O–H groups in total. The van der Waals surface area contributed by atoms with Crippen LogP contribution in [0.1, 0.15) is 51.4 Å². The summed E-state index contributed by atoms with van der Waals surface area (Å²) < 4.78 is 4.28. The van der Waals surface area contributed by atoms with Gasteiger partial charge in [-0.2, -0.15) is 0 Å². The Bertz CT molecular complexity index is 1170. The van der Waals surface area contributed by atoms with Crippen LogP contribution in [0, 0.1) is 0 Å². The number of fused-ring (bicyclic) bond motifs is 2. The van der Waals surface area contributed by atoms with Gasteiger partial charge in [-0.15, -0.1) is 0 Å². The standard InChI is InChI=1S/C25H26N4O/c1-17(2)28-22-11-7-5-9-20(22)26-24(28)15-13-19(30)14-16-25-27-21-10-6-8-12-23(21)29(25)18(3)4/h5-18H,1-4H3/b15-13+,16-14+. The van der Waals surface area contributed by atoms with Gasteiger partial charge in [0.05, 0.1) is 22.1 Å². The van der Waals surface area contributed by atoms with Crippen molar-refractivity contribution in [1.29, 1.82) is 0 Å². The van der Waals surface area contributed by atoms with Crippen molar-refractivity contribution in [3.8, 4) is 0 Å². The van der Waals surface area contributed by atoms with Gasteiger partial charge in [0.1, 0.15) is 11.6 Å². The highest BCUT2D eigenvalue weighted by atomic mass is 16.1. The zero-order chi connectivity index (χ0) is 21.3. The van der Waals surface area contributed by atoms with E-state index in [0.29, 0.717) is 0 Å². The average molecular weight is 399 g/mol. The summed E-state index contributed by atoms with van der Waals surface area (Å²) in [6.07, 6.45) is 6.72. The van der Waals surface area contributed by atoms with Gasteiger partial charge >= 0.3 is 0 Å². The Balaban J connectivity index is 1.62. The summed E-state index contributed by atoms with van der Waals surface area (Å²) in [7, 11) is 0. The molecule has 0 fully saturated rings. The maximum Gasteiger partial charge on any atom is 0.178 e. The van der Waals surface area contributed by atoms with Crippen molar-refractivity contribution in [2.75, 3.05) is 0 Å². The van der Waals surface area contributed by atoms with E-state index in [1.807, 2.05) is 36.4 Å². The maximum atomic E-state index is 12.5. The van der Waals surface area contributed by atoms with Crippen molar-refractivity contribution in [2.24, 2.45) is 0 Å². The predicted molar refractivity (Wildman–Crippen MR) is 123 cm³/mol. The third-order valence-corrected chi connectivity index (χ3v) is 5.07. The van der Waals surface area contributed by atoms with Crippen molar-refractivity contribution in [3.05, 3.63) is 72.3 Å². The molecule has 0 radical (unpaired) electrons. The lowest BCUT2D eigenvalue weighted by Gasteiger charge is -2.11. The Morgan fingerprint density at radius 2 is 1.13 bits per heavy atom. The van der Waals surface area contributed by atoms with Gasteiger partial charge in [0.15, 0.2) is 5.78 Å². The van der Waals surface area contributed by atoms with Crippen LogP contribution in [-0.4, -0.2) is 24.9 Å². The van der Waals surface area contributed by atoms with Crippen LogP contribution in [0.3, 0.4) is 0 Å². The highest BCUT2D eigenvalue weighted by Gasteiger charge is 2.12. The fraction of sp³-hybridized carbons (Fsp3) is 0.240. The smallest absolute Gasteiger partial charge is 0.178 e. The number of carbonyl (C=O) groups excluding carboxylic acids is 1. The summed E-state index contributed by atoms with van der Waals surface area (Å²) in [6.45, 7) is 8.46. The summed E-state index contributed by atoms with van der Waals surface area (Å²) in [5.74, 6) is 1.46. The molecular weight excluding hydrogens is 372 g/mol. The Hall–Kier alpha value is -3.47. The Morgan fingerprint density at radius 1 is 0.733 bits per heavy atom. The molecule has 2 aromatic heterocycles. The summed E-state index contributed by atoms with van der Waals surface area (Å²) in [5.41, 5.74) is 4.00. The second-order valence-electron chi connectivity index (χ2n) is 7.91. The molecule has 4 rings (SSSR count). The van der Waals surface area contributed by atoms with Crippen LogP contribution in [0.5, 0.6) is 0 Å². The summed E-state index contributed by atoms with van der Waals surface area (Å²) in [5, 5.41) is 0. The van der Waals surface area contributed by atoms with Crippen LogP contribution >= 0.6 is 0 Å². The van der Waals surface area contributed by atoms with Gasteiger partial charge in [0, 0.05) is 12.1 Å². The van der Waals surface area contributed by atoms with Crippen molar-refractivity contribution in [1.82, 2.24) is 19.1 Å². The van der Waals surface area contributed by atoms with E-state index in [1.54, 1.807) is 24.3 Å². The quantitative estimate of drug-likeness (QED) is 0.383. The van der Waals surface area contributed by atoms with Crippen LogP contribution in [0.4, 0.5) is 0 Å². The molecule has 30 heavy (non-hydrogen) atoms. The molecule has 2 aromatic carbocycles. The molecule has 0 aliphatic carbocycles. The first kappa shape index (κ1) is 19.8. The van der Waals surface area contributed by atoms with Crippen LogP contribution in [0.15, 0.2) is 60.7 Å². The normalized spacial score (nSPS) is 12.5. The number of carbonyl (C=O) groups is 1. The molecule has 0 saturated heterocycles. The van der Waals surface area contributed by atoms with Crippen LogP contribution < -0.4 is 0 Å². The van der Waals surface area contributed by atoms with Gasteiger partial charge in [-0.3, -0.25) is 4.79 Å². The highest BCUT2D eigenvalue weighted by Crippen LogP contribution is 2.23. The van der Waals surface area contributed by atoms with Gasteiger partial charge < -0.3 is 9.13 Å². The largest absolute Gasteiger partial charge is 0.322 e. The van der Waals surface area contributed by atoms with E-state index >= 15 is 0 Å². The molecule has 0 spiro atoms. The average Bonchev–Trinajstić information content (AvgIpc) is 3.28. The van der Waals surface area contributed by atoms with Crippen molar-refractivity contribution < 1.29 is 4.79 Å². The zero-order valence-electron chi connectivity index (χ0n) is 17.8. The van der Waals surface area contributed by atoms with E-state index in [0.717, 1.165) is 33.7 Å². The zero-order valence-corrected chi connectivity index (χ0v) is 17.8. The second kappa shape index (κ2) is 8.11. The molecule has 0 amide bonds. The molecule has 152 valence electrons. The number of rotatable bonds is 6. The highest BCUT2D eigenvalue weighted by molar-refractivity contribution is 6.04. The monoisotopic (exact) mass is 398 g/mol. The number of nitrogens with zero attached hydrogens (tertiary/aromatic N) is 4. The van der Waals surface area contributed by atoms with Gasteiger partial charge in [-0.05, 0) is 76.3 Å². The van der Waals surface area contributed by atoms with Crippen molar-refractivity contribution >= 4 is 40.0 Å². The van der Waals surface area contributed by atoms with E-state index in [-0.39, 0.29) is 17.9 Å². The number of imidazole rings is 2. The Labute approximate surface area is 176 Å². The van der Waals surface area contributed by atoms with Gasteiger partial charge in [0.2, 0.25) is 0 Å². The minimum absolute atomic E-state index is 0.0975. The molecule has 0 aliphatic rings. The van der Waals surface area contributed by atoms with E-state index in [4.69, 9.17) is 0 Å². The van der Waals surface area contributed by atoms with E-state index in [9.17, 15) is 4.79 Å². The van der Waals surface area contributed by atoms with Gasteiger partial charge in [0.25, 0.3) is 0 Å². The molecule has 5 heteroatoms. The topological polar surface area (TPSA) is 52.7 Å². The Kier molecular flexibility index (Phi) is 5.36. The number of hydrogen-bond donors (Lipinski definition) is 0. The third kappa shape index (κ3) is 3.71. The fourth-order valence-corrected chi connectivity index (χ4v) is 3.82. The van der Waals surface area contributed by atoms with Crippen LogP contribution in [0.2, 0.25) is 0 Å². The first-order valence-corrected chi connectivity index (χ1v) is 10.3. The minimum Gasteiger partial charge on any atom is -0.322 e. The number of hydrogen-bond acceptors (Lipinski definition) is 3. The molecule has 5 nitrogen and oxygen atoms in total. The van der Waals surface area contributed by atoms with E-state index < -0.39 is 0 Å². The number of aromatic nitrogens is 4. The number of allylic oxidation sites excluding steroid dienone is 2. The molecule has 0 unspecified atom stereocenters. The maximum absolute atomic E-state index is 12.5. The lowest BCUT2D eigenvalue weighted by atomic mass is 10.2. The van der Waals surface area contributed by atoms with Crippen molar-refractivity contribution in [2.45, 2.75) is 39.8 Å². The van der Waals surface area contributed by atoms with Crippen LogP contribution in [0.25, 0.3) is 34.2 Å². The second-order valence-corrected chi connectivity index (χ2v) is 7.91. The van der Waals surface area contributed by atoms with E-state index in [1.165, 1.54) is 0 Å². The van der Waals surface area contributed by atoms with E-state index in [2.05, 4.69) is 58.9 Å². The number of para-hydroxylation sites is 4. The summed E-state index contributed by atoms with van der Waals surface area (Å²) >= 11 is 0. The lowest BCUT2D eigenvalue weighted by Crippen LogP contribution is -2.03. The Morgan fingerprint density at radius 3 is 1.53 bits per heavy atom. The third-order valence-electron chi connectivity index (χ3n) is 5.07. The molecule has 0 aliphatic heterocycles. The number of ketones is 1. The summed E-state index contributed by atoms with van der Waals surface area (Å²) in [6, 6.07) is 16.5. The summed E-state index contributed by atoms with van der Waals surface area (Å²) in [4.78, 5) is 21.9. The predicted octanol–water partition coefficient (Wildman–Crippen LogP) is 5.84. The van der Waals surface area contributed by atoms with Gasteiger partial charge in [-0.1, -0.05) is 24.3 Å². The SMILES string of the molecule is CC(C)n1c(/C=C/C(=O)/C=C/c2nc3ccccc3n2C(C)C)nc2ccccc21. The minimum atomic E-state index is -0.0975. The molecule has 0 saturated carbocycles. The van der Waals surface area contributed by atoms with Gasteiger partial charge in [-0.25, -0.2) is 9.97 Å². The first-order chi connectivity index (χ1) is 14.5. The molecular formula is C25H26N4O. The van der Waals surface area contributed by atoms with Crippen molar-refractivity contribution in [3.63, 3.8) is 0 Å². The lowest BCUT2D eigenvalue weighted by molar-refractivity contribution is -0.110. The fourth-order valence-electron chi connectivity index (χ4n) is 3.82. The first-order valence-electron chi connectivity index (χ1n) is 10.3.